The van der Waals surface area contributed by atoms with Gasteiger partial charge in [-0.15, -0.1) is 0 Å². The molecule has 4 aromatic rings. The molecule has 1 atom stereocenters. The molecule has 0 aliphatic carbocycles. The zero-order valence-electron chi connectivity index (χ0n) is 26.0. The summed E-state index contributed by atoms with van der Waals surface area (Å²) in [6.45, 7) is 6.53. The number of benzene rings is 2. The lowest BCUT2D eigenvalue weighted by atomic mass is 10.0. The van der Waals surface area contributed by atoms with Crippen LogP contribution in [0.4, 0.5) is 27.4 Å². The zero-order chi connectivity index (χ0) is 32.0. The Bertz CT molecular complexity index is 1710. The summed E-state index contributed by atoms with van der Waals surface area (Å²) in [5.74, 6) is 2.26. The molecule has 0 radical (unpaired) electrons. The molecular formula is C34H38FN7O4. The molecule has 2 aromatic carbocycles. The summed E-state index contributed by atoms with van der Waals surface area (Å²) < 4.78 is 32.6. The maximum Gasteiger partial charge on any atom is 0.245 e. The highest BCUT2D eigenvalue weighted by molar-refractivity contribution is 5.95. The Morgan fingerprint density at radius 1 is 1.00 bits per heavy atom. The first-order valence-electron chi connectivity index (χ1n) is 15.4. The van der Waals surface area contributed by atoms with Crippen LogP contribution in [0.15, 0.2) is 67.6 Å². The van der Waals surface area contributed by atoms with E-state index in [0.29, 0.717) is 47.1 Å². The van der Waals surface area contributed by atoms with Crippen LogP contribution in [0.5, 0.6) is 17.2 Å². The minimum atomic E-state index is -0.495. The number of anilines is 4. The summed E-state index contributed by atoms with van der Waals surface area (Å²) in [5, 5.41) is 7.38. The number of nitrogens with one attached hydrogen (secondary N) is 2. The van der Waals surface area contributed by atoms with Gasteiger partial charge in [-0.1, -0.05) is 6.58 Å². The Labute approximate surface area is 267 Å². The van der Waals surface area contributed by atoms with Crippen molar-refractivity contribution in [2.24, 2.45) is 0 Å². The third kappa shape index (κ3) is 6.96. The summed E-state index contributed by atoms with van der Waals surface area (Å²) in [6.07, 6.45) is 8.26. The number of carbonyl (C=O) groups is 1. The van der Waals surface area contributed by atoms with Gasteiger partial charge in [0.2, 0.25) is 5.91 Å². The van der Waals surface area contributed by atoms with Crippen LogP contribution in [0.2, 0.25) is 0 Å². The van der Waals surface area contributed by atoms with E-state index in [9.17, 15) is 4.79 Å². The number of aromatic nitrogens is 3. The summed E-state index contributed by atoms with van der Waals surface area (Å²) in [5.41, 5.74) is 1.65. The van der Waals surface area contributed by atoms with Gasteiger partial charge in [0.25, 0.3) is 0 Å². The van der Waals surface area contributed by atoms with Gasteiger partial charge in [0, 0.05) is 69.1 Å². The summed E-state index contributed by atoms with van der Waals surface area (Å²) in [4.78, 5) is 29.3. The van der Waals surface area contributed by atoms with Crippen molar-refractivity contribution < 1.29 is 23.4 Å². The van der Waals surface area contributed by atoms with E-state index in [1.807, 2.05) is 18.2 Å². The quantitative estimate of drug-likeness (QED) is 0.206. The number of likely N-dealkylation sites (tertiary alicyclic amines) is 1. The average Bonchev–Trinajstić information content (AvgIpc) is 3.09. The Kier molecular flexibility index (Phi) is 9.43. The van der Waals surface area contributed by atoms with Crippen LogP contribution in [0.3, 0.4) is 0 Å². The highest BCUT2D eigenvalue weighted by atomic mass is 19.1. The molecule has 11 nitrogen and oxygen atoms in total. The monoisotopic (exact) mass is 627 g/mol. The average molecular weight is 628 g/mol. The second-order valence-electron chi connectivity index (χ2n) is 11.4. The van der Waals surface area contributed by atoms with Crippen LogP contribution in [0.25, 0.3) is 10.9 Å². The number of rotatable bonds is 10. The molecule has 2 aliphatic rings. The smallest absolute Gasteiger partial charge is 0.245 e. The van der Waals surface area contributed by atoms with Crippen molar-refractivity contribution in [2.75, 3.05) is 55.9 Å². The van der Waals surface area contributed by atoms with E-state index < -0.39 is 5.82 Å². The Morgan fingerprint density at radius 3 is 2.59 bits per heavy atom. The number of methoxy groups -OCH3 is 2. The fourth-order valence-electron chi connectivity index (χ4n) is 5.96. The molecule has 2 aromatic heterocycles. The molecule has 2 aliphatic heterocycles. The van der Waals surface area contributed by atoms with E-state index in [4.69, 9.17) is 14.2 Å². The minimum Gasteiger partial charge on any atom is -0.495 e. The van der Waals surface area contributed by atoms with Gasteiger partial charge in [0.1, 0.15) is 41.0 Å². The van der Waals surface area contributed by atoms with Gasteiger partial charge in [-0.3, -0.25) is 4.79 Å². The summed E-state index contributed by atoms with van der Waals surface area (Å²) >= 11 is 0. The predicted octanol–water partition coefficient (Wildman–Crippen LogP) is 5.91. The Morgan fingerprint density at radius 2 is 1.83 bits per heavy atom. The Balaban J connectivity index is 1.17. The van der Waals surface area contributed by atoms with Crippen LogP contribution in [0, 0.1) is 5.82 Å². The maximum absolute atomic E-state index is 15.4. The molecule has 46 heavy (non-hydrogen) atoms. The molecule has 2 N–H and O–H groups in total. The molecule has 12 heteroatoms. The number of amides is 1. The van der Waals surface area contributed by atoms with Crippen LogP contribution < -0.4 is 25.0 Å². The lowest BCUT2D eigenvalue weighted by molar-refractivity contribution is -0.126. The standard InChI is InChI=1S/C34H38FN7O4/c1-4-33(43)41-14-10-22(11-15-41)39-30-18-26-29(19-31(30)45-3)37-21-38-34(26)40-28-8-7-23(16-27(28)35)46-24-9-12-36-32(17-24)42-13-5-6-25(20-42)44-2/h4,7-9,12,16-19,21-22,25,39H,1,5-6,10-11,13-15,20H2,2-3H3,(H,37,38,40)/t25-/m0/s1. The summed E-state index contributed by atoms with van der Waals surface area (Å²) in [7, 11) is 3.34. The maximum atomic E-state index is 15.4. The van der Waals surface area contributed by atoms with Gasteiger partial charge >= 0.3 is 0 Å². The molecule has 6 rings (SSSR count). The van der Waals surface area contributed by atoms with Gasteiger partial charge < -0.3 is 34.6 Å². The minimum absolute atomic E-state index is 0.0539. The number of hydrogen-bond acceptors (Lipinski definition) is 10. The number of carbonyl (C=O) groups excluding carboxylic acids is 1. The van der Waals surface area contributed by atoms with Crippen molar-refractivity contribution in [2.45, 2.75) is 37.8 Å². The van der Waals surface area contributed by atoms with Gasteiger partial charge in [-0.2, -0.15) is 0 Å². The van der Waals surface area contributed by atoms with E-state index >= 15 is 4.39 Å². The van der Waals surface area contributed by atoms with E-state index in [-0.39, 0.29) is 23.7 Å². The third-order valence-corrected chi connectivity index (χ3v) is 8.48. The van der Waals surface area contributed by atoms with E-state index in [2.05, 4.69) is 37.1 Å². The van der Waals surface area contributed by atoms with Crippen LogP contribution >= 0.6 is 0 Å². The SMILES string of the molecule is C=CC(=O)N1CCC(Nc2cc3c(Nc4ccc(Oc5ccnc(N6CCC[C@H](OC)C6)c5)cc4F)ncnc3cc2OC)CC1. The van der Waals surface area contributed by atoms with Crippen molar-refractivity contribution in [3.8, 4) is 17.2 Å². The fraction of sp³-hybridized carbons (Fsp3) is 0.353. The molecule has 0 saturated carbocycles. The second-order valence-corrected chi connectivity index (χ2v) is 11.4. The van der Waals surface area contributed by atoms with Gasteiger partial charge in [0.15, 0.2) is 0 Å². The molecular weight excluding hydrogens is 589 g/mol. The van der Waals surface area contributed by atoms with Crippen molar-refractivity contribution in [1.29, 1.82) is 0 Å². The highest BCUT2D eigenvalue weighted by Crippen LogP contribution is 2.35. The van der Waals surface area contributed by atoms with Crippen molar-refractivity contribution in [3.05, 3.63) is 73.5 Å². The Hall–Kier alpha value is -4.97. The van der Waals surface area contributed by atoms with Crippen LogP contribution in [-0.2, 0) is 9.53 Å². The number of halogens is 1. The first-order chi connectivity index (χ1) is 22.4. The second kappa shape index (κ2) is 14.0. The third-order valence-electron chi connectivity index (χ3n) is 8.48. The van der Waals surface area contributed by atoms with Gasteiger partial charge in [-0.05, 0) is 56.0 Å². The number of hydrogen-bond donors (Lipinski definition) is 2. The van der Waals surface area contributed by atoms with Crippen molar-refractivity contribution >= 4 is 39.8 Å². The molecule has 2 fully saturated rings. The lowest BCUT2D eigenvalue weighted by Gasteiger charge is -2.32. The first-order valence-corrected chi connectivity index (χ1v) is 15.4. The summed E-state index contributed by atoms with van der Waals surface area (Å²) in [6, 6.07) is 12.2. The van der Waals surface area contributed by atoms with Crippen molar-refractivity contribution in [3.63, 3.8) is 0 Å². The van der Waals surface area contributed by atoms with Gasteiger partial charge in [-0.25, -0.2) is 19.3 Å². The number of fused-ring (bicyclic) bond motifs is 1. The predicted molar refractivity (Wildman–Crippen MR) is 176 cm³/mol. The topological polar surface area (TPSA) is 114 Å². The number of pyridine rings is 1. The molecule has 0 spiro atoms. The molecule has 4 heterocycles. The van der Waals surface area contributed by atoms with E-state index in [0.717, 1.165) is 50.3 Å². The zero-order valence-corrected chi connectivity index (χ0v) is 26.0. The van der Waals surface area contributed by atoms with Crippen molar-refractivity contribution in [1.82, 2.24) is 19.9 Å². The van der Waals surface area contributed by atoms with Crippen LogP contribution in [-0.4, -0.2) is 78.3 Å². The molecule has 0 unspecified atom stereocenters. The molecule has 2 saturated heterocycles. The fourth-order valence-corrected chi connectivity index (χ4v) is 5.96. The largest absolute Gasteiger partial charge is 0.495 e. The highest BCUT2D eigenvalue weighted by Gasteiger charge is 2.23. The van der Waals surface area contributed by atoms with Crippen LogP contribution in [0.1, 0.15) is 25.7 Å². The number of nitrogens with zero attached hydrogens (tertiary/aromatic N) is 5. The molecule has 0 bridgehead atoms. The lowest BCUT2D eigenvalue weighted by Crippen LogP contribution is -2.41. The molecule has 1 amide bonds. The molecule has 240 valence electrons. The van der Waals surface area contributed by atoms with E-state index in [1.54, 1.807) is 43.5 Å². The number of piperidine rings is 2. The number of ether oxygens (including phenoxy) is 3. The first kappa shape index (κ1) is 31.0. The van der Waals surface area contributed by atoms with E-state index in [1.165, 1.54) is 18.5 Å². The van der Waals surface area contributed by atoms with Gasteiger partial charge in [0.05, 0.1) is 30.1 Å². The normalized spacial score (nSPS) is 17.1.